The summed E-state index contributed by atoms with van der Waals surface area (Å²) in [5, 5.41) is 23.6. The van der Waals surface area contributed by atoms with E-state index in [0.717, 1.165) is 5.56 Å². The monoisotopic (exact) mass is 274 g/mol. The number of nitrogens with zero attached hydrogens (tertiary/aromatic N) is 1. The molecule has 0 amide bonds. The van der Waals surface area contributed by atoms with Gasteiger partial charge in [0.1, 0.15) is 11.5 Å². The van der Waals surface area contributed by atoms with E-state index < -0.39 is 4.92 Å². The number of benzene rings is 2. The van der Waals surface area contributed by atoms with E-state index in [4.69, 9.17) is 4.74 Å². The van der Waals surface area contributed by atoms with Gasteiger partial charge in [-0.15, -0.1) is 0 Å². The average Bonchev–Trinajstić information content (AvgIpc) is 2.42. The number of aryl methyl sites for hydroxylation is 1. The van der Waals surface area contributed by atoms with Gasteiger partial charge in [0, 0.05) is 23.9 Å². The molecule has 0 fully saturated rings. The zero-order valence-corrected chi connectivity index (χ0v) is 11.1. The molecule has 2 N–H and O–H groups in total. The number of non-ortho nitro benzene ring substituents is 1. The number of nitro groups is 1. The van der Waals surface area contributed by atoms with E-state index in [2.05, 4.69) is 5.32 Å². The van der Waals surface area contributed by atoms with E-state index in [-0.39, 0.29) is 11.4 Å². The van der Waals surface area contributed by atoms with Crippen LogP contribution in [-0.2, 0) is 0 Å². The summed E-state index contributed by atoms with van der Waals surface area (Å²) < 4.78 is 5.00. The molecule has 2 rings (SSSR count). The van der Waals surface area contributed by atoms with Gasteiger partial charge in [0.15, 0.2) is 0 Å². The molecular formula is C14H14N2O4. The number of phenols is 1. The van der Waals surface area contributed by atoms with Crippen molar-refractivity contribution in [1.82, 2.24) is 0 Å². The lowest BCUT2D eigenvalue weighted by Crippen LogP contribution is -1.96. The molecule has 2 aromatic rings. The van der Waals surface area contributed by atoms with E-state index in [1.807, 2.05) is 0 Å². The Hall–Kier alpha value is -2.76. The Morgan fingerprint density at radius 2 is 1.90 bits per heavy atom. The zero-order chi connectivity index (χ0) is 14.7. The van der Waals surface area contributed by atoms with Gasteiger partial charge >= 0.3 is 0 Å². The van der Waals surface area contributed by atoms with Gasteiger partial charge in [-0.25, -0.2) is 0 Å². The van der Waals surface area contributed by atoms with Crippen LogP contribution >= 0.6 is 0 Å². The Morgan fingerprint density at radius 1 is 1.20 bits per heavy atom. The second-order valence-corrected chi connectivity index (χ2v) is 4.26. The number of phenolic OH excluding ortho intramolecular Hbond substituents is 1. The van der Waals surface area contributed by atoms with Gasteiger partial charge in [0.05, 0.1) is 17.7 Å². The molecule has 0 heterocycles. The van der Waals surface area contributed by atoms with Crippen molar-refractivity contribution in [3.63, 3.8) is 0 Å². The summed E-state index contributed by atoms with van der Waals surface area (Å²) in [7, 11) is 1.52. The van der Waals surface area contributed by atoms with E-state index in [0.29, 0.717) is 17.1 Å². The Bertz CT molecular complexity index is 656. The van der Waals surface area contributed by atoms with Gasteiger partial charge < -0.3 is 15.2 Å². The minimum atomic E-state index is -0.443. The summed E-state index contributed by atoms with van der Waals surface area (Å²) in [6, 6.07) is 9.37. The lowest BCUT2D eigenvalue weighted by molar-refractivity contribution is -0.384. The summed E-state index contributed by atoms with van der Waals surface area (Å²) in [5.74, 6) is 0.593. The fourth-order valence-corrected chi connectivity index (χ4v) is 1.79. The molecule has 0 radical (unpaired) electrons. The fraction of sp³-hybridized carbons (Fsp3) is 0.143. The number of nitro benzene ring substituents is 1. The number of hydrogen-bond donors (Lipinski definition) is 2. The molecule has 0 unspecified atom stereocenters. The quantitative estimate of drug-likeness (QED) is 0.507. The van der Waals surface area contributed by atoms with Gasteiger partial charge in [-0.3, -0.25) is 10.1 Å². The number of rotatable bonds is 4. The number of ether oxygens (including phenoxy) is 1. The minimum Gasteiger partial charge on any atom is -0.506 e. The van der Waals surface area contributed by atoms with Crippen LogP contribution in [0, 0.1) is 17.0 Å². The second kappa shape index (κ2) is 5.48. The topological polar surface area (TPSA) is 84.6 Å². The Morgan fingerprint density at radius 3 is 2.45 bits per heavy atom. The molecule has 0 aliphatic heterocycles. The van der Waals surface area contributed by atoms with E-state index in [9.17, 15) is 15.2 Å². The van der Waals surface area contributed by atoms with Crippen molar-refractivity contribution >= 4 is 17.1 Å². The van der Waals surface area contributed by atoms with Gasteiger partial charge in [-0.2, -0.15) is 0 Å². The summed E-state index contributed by atoms with van der Waals surface area (Å²) in [6.07, 6.45) is 0. The molecular weight excluding hydrogens is 260 g/mol. The SMILES string of the molecule is COc1ccc(Nc2ccc([N+](=O)[O-])cc2C)c(O)c1. The Balaban J connectivity index is 2.28. The van der Waals surface area contributed by atoms with Crippen LogP contribution in [0.4, 0.5) is 17.1 Å². The molecule has 20 heavy (non-hydrogen) atoms. The molecule has 0 bridgehead atoms. The standard InChI is InChI=1S/C14H14N2O4/c1-9-7-10(16(18)19)3-5-12(9)15-13-6-4-11(20-2)8-14(13)17/h3-8,15,17H,1-2H3. The van der Waals surface area contributed by atoms with Crippen LogP contribution in [0.3, 0.4) is 0 Å². The maximum atomic E-state index is 10.7. The highest BCUT2D eigenvalue weighted by molar-refractivity contribution is 5.70. The lowest BCUT2D eigenvalue weighted by Gasteiger charge is -2.11. The number of methoxy groups -OCH3 is 1. The lowest BCUT2D eigenvalue weighted by atomic mass is 10.1. The fourth-order valence-electron chi connectivity index (χ4n) is 1.79. The maximum absolute atomic E-state index is 10.7. The second-order valence-electron chi connectivity index (χ2n) is 4.26. The van der Waals surface area contributed by atoms with Gasteiger partial charge in [0.25, 0.3) is 5.69 Å². The molecule has 0 aromatic heterocycles. The molecule has 0 aliphatic carbocycles. The third kappa shape index (κ3) is 2.80. The summed E-state index contributed by atoms with van der Waals surface area (Å²) in [4.78, 5) is 10.2. The highest BCUT2D eigenvalue weighted by atomic mass is 16.6. The van der Waals surface area contributed by atoms with Gasteiger partial charge in [-0.05, 0) is 30.7 Å². The van der Waals surface area contributed by atoms with Crippen molar-refractivity contribution in [3.05, 3.63) is 52.1 Å². The first-order valence-electron chi connectivity index (χ1n) is 5.90. The Kier molecular flexibility index (Phi) is 3.74. The van der Waals surface area contributed by atoms with Crippen molar-refractivity contribution in [2.75, 3.05) is 12.4 Å². The maximum Gasteiger partial charge on any atom is 0.269 e. The van der Waals surface area contributed by atoms with Crippen molar-refractivity contribution in [2.45, 2.75) is 6.92 Å². The van der Waals surface area contributed by atoms with Crippen LogP contribution in [0.15, 0.2) is 36.4 Å². The highest BCUT2D eigenvalue weighted by Gasteiger charge is 2.09. The molecule has 6 heteroatoms. The number of aromatic hydroxyl groups is 1. The first-order valence-corrected chi connectivity index (χ1v) is 5.90. The normalized spacial score (nSPS) is 10.1. The third-order valence-electron chi connectivity index (χ3n) is 2.90. The number of hydrogen-bond acceptors (Lipinski definition) is 5. The molecule has 2 aromatic carbocycles. The smallest absolute Gasteiger partial charge is 0.269 e. The van der Waals surface area contributed by atoms with Crippen LogP contribution in [-0.4, -0.2) is 17.1 Å². The number of nitrogens with one attached hydrogen (secondary N) is 1. The first-order chi connectivity index (χ1) is 9.51. The van der Waals surface area contributed by atoms with Crippen LogP contribution in [0.1, 0.15) is 5.56 Å². The van der Waals surface area contributed by atoms with Crippen LogP contribution in [0.25, 0.3) is 0 Å². The molecule has 6 nitrogen and oxygen atoms in total. The molecule has 0 saturated carbocycles. The van der Waals surface area contributed by atoms with Gasteiger partial charge in [0.2, 0.25) is 0 Å². The highest BCUT2D eigenvalue weighted by Crippen LogP contribution is 2.32. The minimum absolute atomic E-state index is 0.0343. The van der Waals surface area contributed by atoms with Crippen molar-refractivity contribution in [3.8, 4) is 11.5 Å². The summed E-state index contributed by atoms with van der Waals surface area (Å²) in [5.41, 5.74) is 1.94. The predicted molar refractivity (Wildman–Crippen MR) is 75.8 cm³/mol. The number of anilines is 2. The molecule has 0 saturated heterocycles. The first kappa shape index (κ1) is 13.7. The van der Waals surface area contributed by atoms with Crippen LogP contribution in [0.5, 0.6) is 11.5 Å². The van der Waals surface area contributed by atoms with Crippen LogP contribution in [0.2, 0.25) is 0 Å². The summed E-state index contributed by atoms with van der Waals surface area (Å²) >= 11 is 0. The zero-order valence-electron chi connectivity index (χ0n) is 11.1. The molecule has 0 spiro atoms. The van der Waals surface area contributed by atoms with Crippen LogP contribution < -0.4 is 10.1 Å². The average molecular weight is 274 g/mol. The van der Waals surface area contributed by atoms with Crippen molar-refractivity contribution < 1.29 is 14.8 Å². The molecule has 0 aliphatic rings. The van der Waals surface area contributed by atoms with E-state index >= 15 is 0 Å². The molecule has 104 valence electrons. The third-order valence-corrected chi connectivity index (χ3v) is 2.90. The van der Waals surface area contributed by atoms with E-state index in [1.165, 1.54) is 25.3 Å². The van der Waals surface area contributed by atoms with Gasteiger partial charge in [-0.1, -0.05) is 0 Å². The van der Waals surface area contributed by atoms with Crippen molar-refractivity contribution in [1.29, 1.82) is 0 Å². The Labute approximate surface area is 115 Å². The van der Waals surface area contributed by atoms with Crippen molar-refractivity contribution in [2.24, 2.45) is 0 Å². The molecule has 0 atom stereocenters. The largest absolute Gasteiger partial charge is 0.506 e. The summed E-state index contributed by atoms with van der Waals surface area (Å²) in [6.45, 7) is 1.76. The van der Waals surface area contributed by atoms with E-state index in [1.54, 1.807) is 25.1 Å². The predicted octanol–water partition coefficient (Wildman–Crippen LogP) is 3.36.